The van der Waals surface area contributed by atoms with E-state index in [1.54, 1.807) is 24.3 Å². The van der Waals surface area contributed by atoms with Gasteiger partial charge >= 0.3 is 5.97 Å². The van der Waals surface area contributed by atoms with E-state index in [0.29, 0.717) is 28.3 Å². The van der Waals surface area contributed by atoms with E-state index in [1.807, 2.05) is 36.6 Å². The van der Waals surface area contributed by atoms with Gasteiger partial charge in [0.1, 0.15) is 6.07 Å². The van der Waals surface area contributed by atoms with Crippen molar-refractivity contribution in [1.29, 1.82) is 10.5 Å². The van der Waals surface area contributed by atoms with Crippen LogP contribution in [0, 0.1) is 36.5 Å². The molecule has 0 saturated heterocycles. The number of halogens is 1. The highest BCUT2D eigenvalue weighted by Crippen LogP contribution is 2.33. The van der Waals surface area contributed by atoms with Gasteiger partial charge in [-0.25, -0.2) is 4.79 Å². The molecule has 0 saturated carbocycles. The first-order chi connectivity index (χ1) is 13.9. The maximum atomic E-state index is 11.9. The number of carbonyl (C=O) groups is 1. The Labute approximate surface area is 174 Å². The monoisotopic (exact) mass is 403 g/mol. The fourth-order valence-electron chi connectivity index (χ4n) is 3.44. The van der Waals surface area contributed by atoms with Crippen LogP contribution < -0.4 is 0 Å². The molecule has 144 valence electrons. The SMILES string of the molecule is COC(=O)c1cc(Cn2c(C)c(C#N)c(-c3ccc(C#N)cc3)c2C)ccc1Cl. The maximum absolute atomic E-state index is 11.9. The predicted octanol–water partition coefficient (Wildman–Crippen LogP) is 5.00. The van der Waals surface area contributed by atoms with E-state index in [0.717, 1.165) is 28.1 Å². The van der Waals surface area contributed by atoms with Gasteiger partial charge in [0.15, 0.2) is 0 Å². The quantitative estimate of drug-likeness (QED) is 0.574. The first kappa shape index (κ1) is 20.2. The van der Waals surface area contributed by atoms with Crippen LogP contribution in [0.2, 0.25) is 5.02 Å². The second-order valence-corrected chi connectivity index (χ2v) is 7.02. The average Bonchev–Trinajstić information content (AvgIpc) is 2.98. The van der Waals surface area contributed by atoms with Crippen molar-refractivity contribution < 1.29 is 9.53 Å². The van der Waals surface area contributed by atoms with Crippen LogP contribution >= 0.6 is 11.6 Å². The Balaban J connectivity index is 2.08. The lowest BCUT2D eigenvalue weighted by molar-refractivity contribution is 0.0601. The highest BCUT2D eigenvalue weighted by molar-refractivity contribution is 6.33. The van der Waals surface area contributed by atoms with Crippen LogP contribution in [0.25, 0.3) is 11.1 Å². The molecule has 0 aliphatic rings. The summed E-state index contributed by atoms with van der Waals surface area (Å²) in [5, 5.41) is 19.1. The Morgan fingerprint density at radius 2 is 1.76 bits per heavy atom. The Hall–Kier alpha value is -3.54. The van der Waals surface area contributed by atoms with E-state index in [2.05, 4.69) is 12.1 Å². The molecule has 0 unspecified atom stereocenters. The zero-order chi connectivity index (χ0) is 21.1. The van der Waals surface area contributed by atoms with Crippen molar-refractivity contribution in [2.75, 3.05) is 7.11 Å². The maximum Gasteiger partial charge on any atom is 0.339 e. The van der Waals surface area contributed by atoms with Crippen molar-refractivity contribution in [3.63, 3.8) is 0 Å². The third-order valence-electron chi connectivity index (χ3n) is 4.97. The summed E-state index contributed by atoms with van der Waals surface area (Å²) < 4.78 is 6.83. The molecule has 0 spiro atoms. The van der Waals surface area contributed by atoms with Crippen LogP contribution in [0.5, 0.6) is 0 Å². The molecule has 0 bridgehead atoms. The minimum atomic E-state index is -0.492. The number of esters is 1. The van der Waals surface area contributed by atoms with Gasteiger partial charge in [0, 0.05) is 23.5 Å². The third-order valence-corrected chi connectivity index (χ3v) is 5.30. The number of benzene rings is 2. The van der Waals surface area contributed by atoms with Crippen LogP contribution in [0.1, 0.15) is 38.4 Å². The predicted molar refractivity (Wildman–Crippen MR) is 111 cm³/mol. The van der Waals surface area contributed by atoms with Gasteiger partial charge in [-0.1, -0.05) is 29.8 Å². The Bertz CT molecular complexity index is 1180. The molecule has 0 N–H and O–H groups in total. The number of ether oxygens (including phenoxy) is 1. The van der Waals surface area contributed by atoms with Gasteiger partial charge in [0.2, 0.25) is 0 Å². The fourth-order valence-corrected chi connectivity index (χ4v) is 3.64. The molecule has 6 heteroatoms. The number of nitriles is 2. The largest absolute Gasteiger partial charge is 0.465 e. The molecule has 0 atom stereocenters. The summed E-state index contributed by atoms with van der Waals surface area (Å²) in [5.74, 6) is -0.492. The topological polar surface area (TPSA) is 78.8 Å². The standard InChI is InChI=1S/C23H18ClN3O2/c1-14-20(12-26)22(18-7-4-16(11-25)5-8-18)15(2)27(14)13-17-6-9-21(24)19(10-17)23(28)29-3/h4-10H,13H2,1-3H3. The Morgan fingerprint density at radius 1 is 1.07 bits per heavy atom. The summed E-state index contributed by atoms with van der Waals surface area (Å²) in [5.41, 5.74) is 5.82. The fraction of sp³-hybridized carbons (Fsp3) is 0.174. The van der Waals surface area contributed by atoms with Crippen LogP contribution in [0.4, 0.5) is 0 Å². The summed E-state index contributed by atoms with van der Waals surface area (Å²) in [6.07, 6.45) is 0. The van der Waals surface area contributed by atoms with Gasteiger partial charge in [-0.2, -0.15) is 10.5 Å². The number of aromatic nitrogens is 1. The average molecular weight is 404 g/mol. The van der Waals surface area contributed by atoms with Gasteiger partial charge in [-0.3, -0.25) is 0 Å². The van der Waals surface area contributed by atoms with Crippen LogP contribution in [-0.4, -0.2) is 17.6 Å². The third kappa shape index (κ3) is 3.74. The van der Waals surface area contributed by atoms with E-state index in [9.17, 15) is 10.1 Å². The number of rotatable bonds is 4. The van der Waals surface area contributed by atoms with Crippen molar-refractivity contribution in [3.8, 4) is 23.3 Å². The summed E-state index contributed by atoms with van der Waals surface area (Å²) >= 11 is 6.12. The molecule has 2 aromatic carbocycles. The number of hydrogen-bond donors (Lipinski definition) is 0. The lowest BCUT2D eigenvalue weighted by atomic mass is 10.0. The summed E-state index contributed by atoms with van der Waals surface area (Å²) in [6, 6.07) is 16.8. The lowest BCUT2D eigenvalue weighted by Crippen LogP contribution is -2.07. The molecule has 5 nitrogen and oxygen atoms in total. The molecule has 1 aromatic heterocycles. The van der Waals surface area contributed by atoms with E-state index in [-0.39, 0.29) is 0 Å². The smallest absolute Gasteiger partial charge is 0.339 e. The summed E-state index contributed by atoms with van der Waals surface area (Å²) in [7, 11) is 1.31. The van der Waals surface area contributed by atoms with Crippen molar-refractivity contribution in [1.82, 2.24) is 4.57 Å². The first-order valence-electron chi connectivity index (χ1n) is 8.88. The molecule has 3 aromatic rings. The van der Waals surface area contributed by atoms with Crippen molar-refractivity contribution in [2.24, 2.45) is 0 Å². The summed E-state index contributed by atoms with van der Waals surface area (Å²) in [4.78, 5) is 11.9. The molecule has 0 aliphatic heterocycles. The zero-order valence-electron chi connectivity index (χ0n) is 16.3. The number of nitrogens with zero attached hydrogens (tertiary/aromatic N) is 3. The highest BCUT2D eigenvalue weighted by Gasteiger charge is 2.20. The van der Waals surface area contributed by atoms with Gasteiger partial charge < -0.3 is 9.30 Å². The number of carbonyl (C=O) groups excluding carboxylic acids is 1. The molecule has 1 heterocycles. The minimum Gasteiger partial charge on any atom is -0.465 e. The van der Waals surface area contributed by atoms with E-state index < -0.39 is 5.97 Å². The molecule has 0 radical (unpaired) electrons. The number of hydrogen-bond acceptors (Lipinski definition) is 4. The van der Waals surface area contributed by atoms with Crippen LogP contribution in [-0.2, 0) is 11.3 Å². The highest BCUT2D eigenvalue weighted by atomic mass is 35.5. The summed E-state index contributed by atoms with van der Waals surface area (Å²) in [6.45, 7) is 4.33. The molecular weight excluding hydrogens is 386 g/mol. The lowest BCUT2D eigenvalue weighted by Gasteiger charge is -2.12. The number of methoxy groups -OCH3 is 1. The Morgan fingerprint density at radius 3 is 2.34 bits per heavy atom. The molecule has 0 fully saturated rings. The van der Waals surface area contributed by atoms with E-state index in [1.165, 1.54) is 7.11 Å². The van der Waals surface area contributed by atoms with Crippen molar-refractivity contribution in [2.45, 2.75) is 20.4 Å². The van der Waals surface area contributed by atoms with Crippen molar-refractivity contribution in [3.05, 3.63) is 81.1 Å². The van der Waals surface area contributed by atoms with Gasteiger partial charge in [0.25, 0.3) is 0 Å². The minimum absolute atomic E-state index is 0.307. The van der Waals surface area contributed by atoms with E-state index in [4.69, 9.17) is 21.6 Å². The van der Waals surface area contributed by atoms with Crippen molar-refractivity contribution >= 4 is 17.6 Å². The molecular formula is C23H18ClN3O2. The molecule has 0 aliphatic carbocycles. The second kappa shape index (κ2) is 8.22. The van der Waals surface area contributed by atoms with Gasteiger partial charge in [-0.05, 0) is 49.2 Å². The second-order valence-electron chi connectivity index (χ2n) is 6.61. The van der Waals surface area contributed by atoms with Crippen LogP contribution in [0.15, 0.2) is 42.5 Å². The van der Waals surface area contributed by atoms with E-state index >= 15 is 0 Å². The normalized spacial score (nSPS) is 10.3. The first-order valence-corrected chi connectivity index (χ1v) is 9.26. The molecule has 3 rings (SSSR count). The zero-order valence-corrected chi connectivity index (χ0v) is 17.0. The van der Waals surface area contributed by atoms with Crippen LogP contribution in [0.3, 0.4) is 0 Å². The molecule has 0 amide bonds. The molecule has 29 heavy (non-hydrogen) atoms. The Kier molecular flexibility index (Phi) is 5.73. The van der Waals surface area contributed by atoms with Gasteiger partial charge in [0.05, 0.1) is 34.9 Å². The van der Waals surface area contributed by atoms with Gasteiger partial charge in [-0.15, -0.1) is 0 Å².